The first-order valence-corrected chi connectivity index (χ1v) is 7.86. The van der Waals surface area contributed by atoms with Crippen molar-refractivity contribution in [1.29, 1.82) is 5.26 Å². The van der Waals surface area contributed by atoms with Crippen molar-refractivity contribution < 1.29 is 4.92 Å². The number of anilines is 1. The molecular formula is C16H20N4O2. The molecule has 0 bridgehead atoms. The number of hydrogen-bond acceptors (Lipinski definition) is 5. The molecule has 0 amide bonds. The Kier molecular flexibility index (Phi) is 4.25. The molecule has 6 heteroatoms. The van der Waals surface area contributed by atoms with Crippen LogP contribution in [0, 0.1) is 27.4 Å². The van der Waals surface area contributed by atoms with Crippen LogP contribution in [0.25, 0.3) is 0 Å². The van der Waals surface area contributed by atoms with Crippen molar-refractivity contribution in [1.82, 2.24) is 5.32 Å². The normalized spacial score (nSPS) is 22.5. The number of rotatable bonds is 3. The van der Waals surface area contributed by atoms with E-state index in [1.807, 2.05) is 6.07 Å². The van der Waals surface area contributed by atoms with Crippen LogP contribution >= 0.6 is 0 Å². The highest BCUT2D eigenvalue weighted by atomic mass is 16.6. The van der Waals surface area contributed by atoms with E-state index in [4.69, 9.17) is 5.26 Å². The van der Waals surface area contributed by atoms with Crippen LogP contribution in [-0.2, 0) is 0 Å². The Morgan fingerprint density at radius 2 is 2.09 bits per heavy atom. The number of hydrogen-bond donors (Lipinski definition) is 1. The maximum atomic E-state index is 11.3. The molecule has 2 aliphatic rings. The highest BCUT2D eigenvalue weighted by Gasteiger charge is 2.31. The lowest BCUT2D eigenvalue weighted by molar-refractivity contribution is -0.384. The van der Waals surface area contributed by atoms with Crippen molar-refractivity contribution in [3.8, 4) is 6.07 Å². The van der Waals surface area contributed by atoms with Crippen LogP contribution in [0.15, 0.2) is 18.2 Å². The second kappa shape index (κ2) is 6.32. The van der Waals surface area contributed by atoms with Crippen molar-refractivity contribution in [3.63, 3.8) is 0 Å². The van der Waals surface area contributed by atoms with Gasteiger partial charge in [0.25, 0.3) is 0 Å². The van der Waals surface area contributed by atoms with E-state index in [9.17, 15) is 10.1 Å². The van der Waals surface area contributed by atoms with E-state index < -0.39 is 4.92 Å². The van der Waals surface area contributed by atoms with Gasteiger partial charge in [0.1, 0.15) is 17.3 Å². The summed E-state index contributed by atoms with van der Waals surface area (Å²) >= 11 is 0. The number of para-hydroxylation sites is 1. The fourth-order valence-electron chi connectivity index (χ4n) is 3.73. The molecule has 1 unspecified atom stereocenters. The third-order valence-corrected chi connectivity index (χ3v) is 4.87. The van der Waals surface area contributed by atoms with Crippen LogP contribution in [0.2, 0.25) is 0 Å². The predicted octanol–water partition coefficient (Wildman–Crippen LogP) is 2.43. The topological polar surface area (TPSA) is 82.2 Å². The quantitative estimate of drug-likeness (QED) is 0.685. The Bertz CT molecular complexity index is 597. The summed E-state index contributed by atoms with van der Waals surface area (Å²) in [6, 6.07) is 7.54. The number of nitrogens with zero attached hydrogens (tertiary/aromatic N) is 3. The van der Waals surface area contributed by atoms with Crippen molar-refractivity contribution in [2.75, 3.05) is 24.5 Å². The van der Waals surface area contributed by atoms with Crippen LogP contribution < -0.4 is 10.2 Å². The molecule has 0 radical (unpaired) electrons. The first-order valence-electron chi connectivity index (χ1n) is 7.86. The summed E-state index contributed by atoms with van der Waals surface area (Å²) in [4.78, 5) is 13.0. The zero-order valence-corrected chi connectivity index (χ0v) is 12.5. The molecule has 1 N–H and O–H groups in total. The van der Waals surface area contributed by atoms with Crippen molar-refractivity contribution in [3.05, 3.63) is 33.9 Å². The molecule has 0 aliphatic carbocycles. The highest BCUT2D eigenvalue weighted by molar-refractivity contribution is 5.69. The van der Waals surface area contributed by atoms with Crippen LogP contribution in [0.1, 0.15) is 31.2 Å². The number of nitro groups is 1. The van der Waals surface area contributed by atoms with Gasteiger partial charge in [0.2, 0.25) is 0 Å². The summed E-state index contributed by atoms with van der Waals surface area (Å²) in [6.07, 6.45) is 4.59. The van der Waals surface area contributed by atoms with Gasteiger partial charge in [-0.1, -0.05) is 6.07 Å². The minimum atomic E-state index is -0.432. The molecule has 1 aromatic rings. The SMILES string of the molecule is N#Cc1cccc(N2CCC(C3CCCN3)CC2)c1[N+](=O)[O-]. The molecule has 1 aromatic carbocycles. The van der Waals surface area contributed by atoms with Gasteiger partial charge in [-0.15, -0.1) is 0 Å². The first kappa shape index (κ1) is 14.8. The van der Waals surface area contributed by atoms with Crippen molar-refractivity contribution in [2.24, 2.45) is 5.92 Å². The maximum Gasteiger partial charge on any atom is 0.310 e. The molecule has 2 aliphatic heterocycles. The Balaban J connectivity index is 1.76. The smallest absolute Gasteiger partial charge is 0.310 e. The lowest BCUT2D eigenvalue weighted by Crippen LogP contribution is -2.41. The Morgan fingerprint density at radius 1 is 1.32 bits per heavy atom. The minimum Gasteiger partial charge on any atom is -0.366 e. The van der Waals surface area contributed by atoms with E-state index in [1.54, 1.807) is 12.1 Å². The second-order valence-electron chi connectivity index (χ2n) is 6.07. The zero-order valence-electron chi connectivity index (χ0n) is 12.5. The molecule has 2 heterocycles. The van der Waals surface area contributed by atoms with Gasteiger partial charge in [0, 0.05) is 19.1 Å². The Labute approximate surface area is 129 Å². The van der Waals surface area contributed by atoms with Gasteiger partial charge in [0.15, 0.2) is 0 Å². The number of nitriles is 1. The summed E-state index contributed by atoms with van der Waals surface area (Å²) in [5.41, 5.74) is 0.673. The molecule has 0 saturated carbocycles. The van der Waals surface area contributed by atoms with Gasteiger partial charge >= 0.3 is 5.69 Å². The van der Waals surface area contributed by atoms with Gasteiger partial charge in [-0.25, -0.2) is 0 Å². The summed E-state index contributed by atoms with van der Waals surface area (Å²) in [5, 5.41) is 24.0. The molecule has 116 valence electrons. The predicted molar refractivity (Wildman–Crippen MR) is 83.8 cm³/mol. The number of nitro benzene ring substituents is 1. The fourth-order valence-corrected chi connectivity index (χ4v) is 3.73. The molecule has 6 nitrogen and oxygen atoms in total. The number of piperidine rings is 1. The Morgan fingerprint density at radius 3 is 2.68 bits per heavy atom. The second-order valence-corrected chi connectivity index (χ2v) is 6.07. The zero-order chi connectivity index (χ0) is 15.5. The third kappa shape index (κ3) is 2.77. The molecule has 2 saturated heterocycles. The lowest BCUT2D eigenvalue weighted by atomic mass is 9.88. The molecule has 0 spiro atoms. The van der Waals surface area contributed by atoms with E-state index in [1.165, 1.54) is 18.9 Å². The summed E-state index contributed by atoms with van der Waals surface area (Å²) in [5.74, 6) is 0.664. The average molecular weight is 300 g/mol. The average Bonchev–Trinajstić information content (AvgIpc) is 3.08. The van der Waals surface area contributed by atoms with Gasteiger partial charge < -0.3 is 10.2 Å². The molecule has 0 aromatic heterocycles. The van der Waals surface area contributed by atoms with Crippen molar-refractivity contribution >= 4 is 11.4 Å². The van der Waals surface area contributed by atoms with E-state index in [2.05, 4.69) is 10.2 Å². The van der Waals surface area contributed by atoms with E-state index in [0.29, 0.717) is 17.6 Å². The van der Waals surface area contributed by atoms with Crippen LogP contribution in [0.3, 0.4) is 0 Å². The monoisotopic (exact) mass is 300 g/mol. The summed E-state index contributed by atoms with van der Waals surface area (Å²) in [7, 11) is 0. The molecule has 22 heavy (non-hydrogen) atoms. The van der Waals surface area contributed by atoms with Gasteiger partial charge in [-0.3, -0.25) is 10.1 Å². The van der Waals surface area contributed by atoms with Crippen LogP contribution in [-0.4, -0.2) is 30.6 Å². The third-order valence-electron chi connectivity index (χ3n) is 4.87. The van der Waals surface area contributed by atoms with E-state index >= 15 is 0 Å². The first-order chi connectivity index (χ1) is 10.7. The van der Waals surface area contributed by atoms with Crippen molar-refractivity contribution in [2.45, 2.75) is 31.7 Å². The van der Waals surface area contributed by atoms with Crippen LogP contribution in [0.5, 0.6) is 0 Å². The summed E-state index contributed by atoms with van der Waals surface area (Å²) in [6.45, 7) is 2.75. The lowest BCUT2D eigenvalue weighted by Gasteiger charge is -2.36. The van der Waals surface area contributed by atoms with Gasteiger partial charge in [-0.05, 0) is 50.3 Å². The molecule has 2 fully saturated rings. The van der Waals surface area contributed by atoms with Gasteiger partial charge in [-0.2, -0.15) is 5.26 Å². The number of nitrogens with one attached hydrogen (secondary N) is 1. The highest BCUT2D eigenvalue weighted by Crippen LogP contribution is 2.35. The molecular weight excluding hydrogens is 280 g/mol. The largest absolute Gasteiger partial charge is 0.366 e. The van der Waals surface area contributed by atoms with Gasteiger partial charge in [0.05, 0.1) is 4.92 Å². The fraction of sp³-hybridized carbons (Fsp3) is 0.562. The molecule has 3 rings (SSSR count). The van der Waals surface area contributed by atoms with E-state index in [-0.39, 0.29) is 11.3 Å². The summed E-state index contributed by atoms with van der Waals surface area (Å²) < 4.78 is 0. The van der Waals surface area contributed by atoms with E-state index in [0.717, 1.165) is 32.5 Å². The maximum absolute atomic E-state index is 11.3. The molecule has 1 atom stereocenters. The Hall–Kier alpha value is -2.13. The van der Waals surface area contributed by atoms with Crippen LogP contribution in [0.4, 0.5) is 11.4 Å². The number of benzene rings is 1. The standard InChI is InChI=1S/C16H20N4O2/c17-11-13-3-1-5-15(16(13)20(21)22)19-9-6-12(7-10-19)14-4-2-8-18-14/h1,3,5,12,14,18H,2,4,6-10H2. The minimum absolute atomic E-state index is 0.0533.